The summed E-state index contributed by atoms with van der Waals surface area (Å²) in [4.78, 5) is 4.04. The molecule has 0 unspecified atom stereocenters. The van der Waals surface area contributed by atoms with E-state index in [2.05, 4.69) is 10.1 Å². The maximum atomic E-state index is 12.6. The first-order valence-corrected chi connectivity index (χ1v) is 6.29. The number of rotatable bonds is 5. The smallest absolute Gasteiger partial charge is 0.398 e. The second kappa shape index (κ2) is 6.13. The lowest BCUT2D eigenvalue weighted by Crippen LogP contribution is -2.06. The van der Waals surface area contributed by atoms with Crippen LogP contribution in [0.1, 0.15) is 24.7 Å². The van der Waals surface area contributed by atoms with Gasteiger partial charge in [0, 0.05) is 12.3 Å². The minimum absolute atomic E-state index is 0.0660. The van der Waals surface area contributed by atoms with E-state index in [1.807, 2.05) is 6.92 Å². The van der Waals surface area contributed by atoms with Gasteiger partial charge < -0.3 is 15.0 Å². The Labute approximate surface area is 118 Å². The summed E-state index contributed by atoms with van der Waals surface area (Å²) in [7, 11) is 0. The Bertz CT molecular complexity index is 611. The zero-order valence-electron chi connectivity index (χ0n) is 11.3. The van der Waals surface area contributed by atoms with Crippen molar-refractivity contribution in [2.75, 3.05) is 12.3 Å². The Morgan fingerprint density at radius 2 is 2.10 bits per heavy atom. The van der Waals surface area contributed by atoms with Crippen LogP contribution in [0.3, 0.4) is 0 Å². The van der Waals surface area contributed by atoms with E-state index in [-0.39, 0.29) is 23.7 Å². The SMILES string of the molecule is CCCOCc1noc(-c2ccc(C(F)(F)F)cc2N)n1. The molecule has 0 amide bonds. The molecule has 1 aromatic heterocycles. The van der Waals surface area contributed by atoms with Crippen molar-refractivity contribution in [1.29, 1.82) is 0 Å². The zero-order valence-corrected chi connectivity index (χ0v) is 11.3. The molecule has 0 saturated carbocycles. The standard InChI is InChI=1S/C13H14F3N3O2/c1-2-5-20-7-11-18-12(21-19-11)9-4-3-8(6-10(9)17)13(14,15)16/h3-4,6H,2,5,7,17H2,1H3. The molecular weight excluding hydrogens is 287 g/mol. The highest BCUT2D eigenvalue weighted by atomic mass is 19.4. The lowest BCUT2D eigenvalue weighted by molar-refractivity contribution is -0.137. The van der Waals surface area contributed by atoms with Gasteiger partial charge in [-0.2, -0.15) is 18.2 Å². The molecule has 0 radical (unpaired) electrons. The molecule has 0 aliphatic heterocycles. The monoisotopic (exact) mass is 301 g/mol. The molecule has 2 aromatic rings. The summed E-state index contributed by atoms with van der Waals surface area (Å²) >= 11 is 0. The molecular formula is C13H14F3N3O2. The number of anilines is 1. The molecule has 0 bridgehead atoms. The average molecular weight is 301 g/mol. The molecule has 0 fully saturated rings. The fraction of sp³-hybridized carbons (Fsp3) is 0.385. The van der Waals surface area contributed by atoms with E-state index in [0.29, 0.717) is 12.4 Å². The van der Waals surface area contributed by atoms with Crippen molar-refractivity contribution in [1.82, 2.24) is 10.1 Å². The molecule has 21 heavy (non-hydrogen) atoms. The lowest BCUT2D eigenvalue weighted by atomic mass is 10.1. The predicted octanol–water partition coefficient (Wildman–Crippen LogP) is 3.26. The number of hydrogen-bond acceptors (Lipinski definition) is 5. The molecule has 0 aliphatic carbocycles. The number of nitrogens with two attached hydrogens (primary N) is 1. The van der Waals surface area contributed by atoms with Crippen LogP contribution in [-0.2, 0) is 17.5 Å². The van der Waals surface area contributed by atoms with Crippen molar-refractivity contribution in [2.45, 2.75) is 26.1 Å². The van der Waals surface area contributed by atoms with Crippen molar-refractivity contribution in [3.63, 3.8) is 0 Å². The normalized spacial score (nSPS) is 11.8. The fourth-order valence-electron chi connectivity index (χ4n) is 1.66. The van der Waals surface area contributed by atoms with Crippen LogP contribution in [0.4, 0.5) is 18.9 Å². The maximum Gasteiger partial charge on any atom is 0.416 e. The Kier molecular flexibility index (Phi) is 4.46. The summed E-state index contributed by atoms with van der Waals surface area (Å²) in [6.45, 7) is 2.70. The van der Waals surface area contributed by atoms with Gasteiger partial charge in [-0.05, 0) is 24.6 Å². The third-order valence-corrected chi connectivity index (χ3v) is 2.66. The van der Waals surface area contributed by atoms with Gasteiger partial charge in [0.05, 0.1) is 11.1 Å². The molecule has 2 N–H and O–H groups in total. The highest BCUT2D eigenvalue weighted by molar-refractivity contribution is 5.71. The van der Waals surface area contributed by atoms with Gasteiger partial charge in [-0.3, -0.25) is 0 Å². The summed E-state index contributed by atoms with van der Waals surface area (Å²) in [6.07, 6.45) is -3.59. The number of hydrogen-bond donors (Lipinski definition) is 1. The van der Waals surface area contributed by atoms with E-state index in [4.69, 9.17) is 15.0 Å². The van der Waals surface area contributed by atoms with Gasteiger partial charge in [0.25, 0.3) is 5.89 Å². The zero-order chi connectivity index (χ0) is 15.5. The lowest BCUT2D eigenvalue weighted by Gasteiger charge is -2.08. The molecule has 0 atom stereocenters. The third-order valence-electron chi connectivity index (χ3n) is 2.66. The molecule has 2 rings (SSSR count). The van der Waals surface area contributed by atoms with Crippen molar-refractivity contribution >= 4 is 5.69 Å². The van der Waals surface area contributed by atoms with E-state index in [1.54, 1.807) is 0 Å². The topological polar surface area (TPSA) is 74.2 Å². The van der Waals surface area contributed by atoms with Gasteiger partial charge in [0.15, 0.2) is 5.82 Å². The number of benzene rings is 1. The molecule has 5 nitrogen and oxygen atoms in total. The summed E-state index contributed by atoms with van der Waals surface area (Å²) in [5.41, 5.74) is 4.98. The Morgan fingerprint density at radius 1 is 1.33 bits per heavy atom. The average Bonchev–Trinajstić information content (AvgIpc) is 2.86. The van der Waals surface area contributed by atoms with Crippen LogP contribution in [0.25, 0.3) is 11.5 Å². The summed E-state index contributed by atoms with van der Waals surface area (Å²) in [5, 5.41) is 3.69. The first kappa shape index (κ1) is 15.3. The van der Waals surface area contributed by atoms with Crippen molar-refractivity contribution in [2.24, 2.45) is 0 Å². The van der Waals surface area contributed by atoms with Crippen LogP contribution in [0.15, 0.2) is 22.7 Å². The van der Waals surface area contributed by atoms with E-state index in [0.717, 1.165) is 18.6 Å². The van der Waals surface area contributed by atoms with E-state index < -0.39 is 11.7 Å². The van der Waals surface area contributed by atoms with Gasteiger partial charge in [-0.1, -0.05) is 12.1 Å². The van der Waals surface area contributed by atoms with Crippen LogP contribution >= 0.6 is 0 Å². The van der Waals surface area contributed by atoms with Crippen LogP contribution in [0.2, 0.25) is 0 Å². The van der Waals surface area contributed by atoms with Crippen molar-refractivity contribution in [3.05, 3.63) is 29.6 Å². The van der Waals surface area contributed by atoms with Crippen molar-refractivity contribution in [3.8, 4) is 11.5 Å². The number of halogens is 3. The first-order chi connectivity index (χ1) is 9.91. The van der Waals surface area contributed by atoms with Gasteiger partial charge in [0.2, 0.25) is 0 Å². The van der Waals surface area contributed by atoms with Crippen LogP contribution in [0, 0.1) is 0 Å². The van der Waals surface area contributed by atoms with Crippen LogP contribution in [-0.4, -0.2) is 16.7 Å². The fourth-order valence-corrected chi connectivity index (χ4v) is 1.66. The summed E-state index contributed by atoms with van der Waals surface area (Å²) in [5.74, 6) is 0.383. The molecule has 0 saturated heterocycles. The molecule has 114 valence electrons. The number of nitrogens with zero attached hydrogens (tertiary/aromatic N) is 2. The van der Waals surface area contributed by atoms with Crippen LogP contribution in [0.5, 0.6) is 0 Å². The third kappa shape index (κ3) is 3.72. The summed E-state index contributed by atoms with van der Waals surface area (Å²) in [6, 6.07) is 2.97. The molecule has 1 aromatic carbocycles. The maximum absolute atomic E-state index is 12.6. The van der Waals surface area contributed by atoms with Crippen LogP contribution < -0.4 is 5.73 Å². The number of ether oxygens (including phenoxy) is 1. The van der Waals surface area contributed by atoms with E-state index >= 15 is 0 Å². The van der Waals surface area contributed by atoms with E-state index in [9.17, 15) is 13.2 Å². The molecule has 0 spiro atoms. The Hall–Kier alpha value is -2.09. The predicted molar refractivity (Wildman–Crippen MR) is 69.1 cm³/mol. The number of nitrogen functional groups attached to an aromatic ring is 1. The van der Waals surface area contributed by atoms with E-state index in [1.165, 1.54) is 6.07 Å². The molecule has 8 heteroatoms. The molecule has 1 heterocycles. The second-order valence-corrected chi connectivity index (χ2v) is 4.37. The minimum atomic E-state index is -4.44. The summed E-state index contributed by atoms with van der Waals surface area (Å²) < 4.78 is 47.9. The van der Waals surface area contributed by atoms with Crippen molar-refractivity contribution < 1.29 is 22.4 Å². The quantitative estimate of drug-likeness (QED) is 0.677. The highest BCUT2D eigenvalue weighted by Gasteiger charge is 2.31. The van der Waals surface area contributed by atoms with Gasteiger partial charge in [0.1, 0.15) is 6.61 Å². The highest BCUT2D eigenvalue weighted by Crippen LogP contribution is 2.34. The minimum Gasteiger partial charge on any atom is -0.398 e. The van der Waals surface area contributed by atoms with Gasteiger partial charge in [-0.15, -0.1) is 0 Å². The largest absolute Gasteiger partial charge is 0.416 e. The van der Waals surface area contributed by atoms with Gasteiger partial charge >= 0.3 is 6.18 Å². The number of aromatic nitrogens is 2. The first-order valence-electron chi connectivity index (χ1n) is 6.29. The number of alkyl halides is 3. The Morgan fingerprint density at radius 3 is 2.71 bits per heavy atom. The van der Waals surface area contributed by atoms with Gasteiger partial charge in [-0.25, -0.2) is 0 Å². The molecule has 0 aliphatic rings. The second-order valence-electron chi connectivity index (χ2n) is 4.37. The Balaban J connectivity index is 2.19.